The van der Waals surface area contributed by atoms with Gasteiger partial charge in [-0.3, -0.25) is 4.79 Å². The molecule has 1 amide bonds. The molecule has 0 radical (unpaired) electrons. The molecule has 144 valence electrons. The number of ether oxygens (including phenoxy) is 2. The number of piperidine rings is 1. The zero-order valence-electron chi connectivity index (χ0n) is 15.8. The van der Waals surface area contributed by atoms with Gasteiger partial charge in [0.15, 0.2) is 0 Å². The summed E-state index contributed by atoms with van der Waals surface area (Å²) in [4.78, 5) is 15.1. The Labute approximate surface area is 164 Å². The topological polar surface area (TPSA) is 59.6 Å². The van der Waals surface area contributed by atoms with Gasteiger partial charge in [-0.2, -0.15) is 0 Å². The van der Waals surface area contributed by atoms with Gasteiger partial charge in [0.1, 0.15) is 5.75 Å². The first-order valence-electron chi connectivity index (χ1n) is 9.08. The summed E-state index contributed by atoms with van der Waals surface area (Å²) in [6.45, 7) is 2.13. The fourth-order valence-electron chi connectivity index (χ4n) is 3.27. The molecule has 0 aliphatic carbocycles. The number of rotatable bonds is 7. The monoisotopic (exact) mass is 386 g/mol. The molecule has 0 atom stereocenters. The molecule has 2 N–H and O–H groups in total. The number of hydrogen-bond donors (Lipinski definition) is 2. The van der Waals surface area contributed by atoms with E-state index in [4.69, 9.17) is 9.47 Å². The van der Waals surface area contributed by atoms with Crippen LogP contribution in [0.15, 0.2) is 58.3 Å². The number of benzene rings is 2. The van der Waals surface area contributed by atoms with Gasteiger partial charge in [-0.05, 0) is 74.5 Å². The van der Waals surface area contributed by atoms with Crippen molar-refractivity contribution < 1.29 is 14.3 Å². The Balaban J connectivity index is 1.63. The van der Waals surface area contributed by atoms with E-state index in [1.807, 2.05) is 48.5 Å². The van der Waals surface area contributed by atoms with Crippen LogP contribution in [0.3, 0.4) is 0 Å². The molecule has 1 fully saturated rings. The lowest BCUT2D eigenvalue weighted by atomic mass is 9.78. The van der Waals surface area contributed by atoms with E-state index in [9.17, 15) is 4.79 Å². The van der Waals surface area contributed by atoms with Crippen LogP contribution in [0.4, 0.5) is 5.69 Å². The Kier molecular flexibility index (Phi) is 6.77. The minimum Gasteiger partial charge on any atom is -0.497 e. The summed E-state index contributed by atoms with van der Waals surface area (Å²) in [5.74, 6) is 0.890. The van der Waals surface area contributed by atoms with E-state index in [-0.39, 0.29) is 5.91 Å². The molecule has 0 bridgehead atoms. The minimum absolute atomic E-state index is 0.0430. The van der Waals surface area contributed by atoms with Crippen LogP contribution in [0, 0.1) is 5.41 Å². The van der Waals surface area contributed by atoms with Crippen LogP contribution in [0.25, 0.3) is 0 Å². The fourth-order valence-corrected chi connectivity index (χ4v) is 4.08. The molecule has 6 heteroatoms. The average molecular weight is 387 g/mol. The zero-order valence-corrected chi connectivity index (χ0v) is 16.6. The summed E-state index contributed by atoms with van der Waals surface area (Å²) in [7, 11) is 3.32. The second-order valence-electron chi connectivity index (χ2n) is 6.72. The second-order valence-corrected chi connectivity index (χ2v) is 7.87. The van der Waals surface area contributed by atoms with Crippen LogP contribution < -0.4 is 15.4 Å². The van der Waals surface area contributed by atoms with E-state index in [2.05, 4.69) is 10.6 Å². The van der Waals surface area contributed by atoms with Crippen LogP contribution in [-0.2, 0) is 9.53 Å². The third kappa shape index (κ3) is 5.03. The highest BCUT2D eigenvalue weighted by Crippen LogP contribution is 2.32. The highest BCUT2D eigenvalue weighted by atomic mass is 32.2. The fraction of sp³-hybridized carbons (Fsp3) is 0.381. The Morgan fingerprint density at radius 3 is 2.19 bits per heavy atom. The van der Waals surface area contributed by atoms with Crippen molar-refractivity contribution in [2.45, 2.75) is 22.6 Å². The van der Waals surface area contributed by atoms with Crippen molar-refractivity contribution >= 4 is 23.4 Å². The summed E-state index contributed by atoms with van der Waals surface area (Å²) < 4.78 is 10.5. The summed E-state index contributed by atoms with van der Waals surface area (Å²) in [5, 5.41) is 6.38. The van der Waals surface area contributed by atoms with Crippen LogP contribution in [-0.4, -0.2) is 39.8 Å². The second kappa shape index (κ2) is 9.26. The number of hydrogen-bond acceptors (Lipinski definition) is 5. The first-order chi connectivity index (χ1) is 13.1. The Hall–Kier alpha value is -2.02. The number of carbonyl (C=O) groups is 1. The molecule has 5 nitrogen and oxygen atoms in total. The maximum Gasteiger partial charge on any atom is 0.233 e. The normalized spacial score (nSPS) is 15.9. The Morgan fingerprint density at radius 2 is 1.63 bits per heavy atom. The molecule has 3 rings (SSSR count). The van der Waals surface area contributed by atoms with Gasteiger partial charge < -0.3 is 20.1 Å². The van der Waals surface area contributed by atoms with E-state index in [0.29, 0.717) is 6.61 Å². The number of carbonyl (C=O) groups excluding carboxylic acids is 1. The standard InChI is InChI=1S/C21H26N2O3S/c1-25-15-21(11-13-22-14-12-21)20(24)23-16-3-7-18(8-4-16)27-19-9-5-17(26-2)6-10-19/h3-10,22H,11-15H2,1-2H3,(H,23,24). The molecular formula is C21H26N2O3S. The summed E-state index contributed by atoms with van der Waals surface area (Å²) in [6, 6.07) is 15.9. The van der Waals surface area contributed by atoms with Gasteiger partial charge in [0.2, 0.25) is 5.91 Å². The largest absolute Gasteiger partial charge is 0.497 e. The van der Waals surface area contributed by atoms with Crippen LogP contribution in [0.1, 0.15) is 12.8 Å². The quantitative estimate of drug-likeness (QED) is 0.758. The summed E-state index contributed by atoms with van der Waals surface area (Å²) in [5.41, 5.74) is 0.365. The van der Waals surface area contributed by atoms with E-state index < -0.39 is 5.41 Å². The van der Waals surface area contributed by atoms with E-state index >= 15 is 0 Å². The van der Waals surface area contributed by atoms with Gasteiger partial charge in [0.25, 0.3) is 0 Å². The van der Waals surface area contributed by atoms with Crippen LogP contribution in [0.2, 0.25) is 0 Å². The molecule has 0 spiro atoms. The number of amides is 1. The molecule has 27 heavy (non-hydrogen) atoms. The van der Waals surface area contributed by atoms with Crippen LogP contribution in [0.5, 0.6) is 5.75 Å². The van der Waals surface area contributed by atoms with Crippen molar-refractivity contribution in [3.8, 4) is 5.75 Å². The van der Waals surface area contributed by atoms with E-state index in [0.717, 1.165) is 47.2 Å². The maximum absolute atomic E-state index is 12.9. The predicted octanol–water partition coefficient (Wildman–Crippen LogP) is 3.80. The first kappa shape index (κ1) is 19.7. The van der Waals surface area contributed by atoms with Crippen molar-refractivity contribution in [1.29, 1.82) is 0 Å². The lowest BCUT2D eigenvalue weighted by Gasteiger charge is -2.35. The summed E-state index contributed by atoms with van der Waals surface area (Å²) >= 11 is 1.67. The van der Waals surface area contributed by atoms with Gasteiger partial charge in [0, 0.05) is 22.6 Å². The van der Waals surface area contributed by atoms with Gasteiger partial charge in [-0.15, -0.1) is 0 Å². The van der Waals surface area contributed by atoms with E-state index in [1.54, 1.807) is 26.0 Å². The van der Waals surface area contributed by atoms with E-state index in [1.165, 1.54) is 0 Å². The number of anilines is 1. The number of methoxy groups -OCH3 is 2. The molecule has 2 aromatic rings. The molecule has 0 aromatic heterocycles. The molecule has 1 heterocycles. The SMILES string of the molecule is COCC1(C(=O)Nc2ccc(Sc3ccc(OC)cc3)cc2)CCNCC1. The predicted molar refractivity (Wildman–Crippen MR) is 109 cm³/mol. The van der Waals surface area contributed by atoms with Gasteiger partial charge in [-0.25, -0.2) is 0 Å². The first-order valence-corrected chi connectivity index (χ1v) is 9.90. The third-order valence-corrected chi connectivity index (χ3v) is 5.89. The summed E-state index contributed by atoms with van der Waals surface area (Å²) in [6.07, 6.45) is 1.58. The Morgan fingerprint density at radius 1 is 1.04 bits per heavy atom. The Bertz CT molecular complexity index is 736. The third-order valence-electron chi connectivity index (χ3n) is 4.87. The van der Waals surface area contributed by atoms with Crippen molar-refractivity contribution in [2.24, 2.45) is 5.41 Å². The molecule has 2 aromatic carbocycles. The van der Waals surface area contributed by atoms with Crippen molar-refractivity contribution in [3.63, 3.8) is 0 Å². The van der Waals surface area contributed by atoms with Gasteiger partial charge >= 0.3 is 0 Å². The lowest BCUT2D eigenvalue weighted by Crippen LogP contribution is -2.47. The minimum atomic E-state index is -0.448. The number of nitrogens with one attached hydrogen (secondary N) is 2. The van der Waals surface area contributed by atoms with Crippen LogP contribution >= 0.6 is 11.8 Å². The molecule has 1 aliphatic rings. The average Bonchev–Trinajstić information content (AvgIpc) is 2.71. The van der Waals surface area contributed by atoms with Crippen molar-refractivity contribution in [3.05, 3.63) is 48.5 Å². The molecule has 1 aliphatic heterocycles. The van der Waals surface area contributed by atoms with Gasteiger partial charge in [-0.1, -0.05) is 11.8 Å². The molecule has 0 saturated carbocycles. The zero-order chi connectivity index (χ0) is 19.1. The lowest BCUT2D eigenvalue weighted by molar-refractivity contribution is -0.130. The van der Waals surface area contributed by atoms with Crippen molar-refractivity contribution in [2.75, 3.05) is 39.2 Å². The highest BCUT2D eigenvalue weighted by molar-refractivity contribution is 7.99. The van der Waals surface area contributed by atoms with Gasteiger partial charge in [0.05, 0.1) is 19.1 Å². The molecular weight excluding hydrogens is 360 g/mol. The smallest absolute Gasteiger partial charge is 0.233 e. The van der Waals surface area contributed by atoms with Crippen molar-refractivity contribution in [1.82, 2.24) is 5.32 Å². The molecule has 0 unspecified atom stereocenters. The molecule has 1 saturated heterocycles. The highest BCUT2D eigenvalue weighted by Gasteiger charge is 2.39. The maximum atomic E-state index is 12.9.